The third-order valence-corrected chi connectivity index (χ3v) is 5.22. The van der Waals surface area contributed by atoms with E-state index in [2.05, 4.69) is 42.4 Å². The highest BCUT2D eigenvalue weighted by molar-refractivity contribution is 7.99. The molecule has 3 rings (SSSR count). The monoisotopic (exact) mass is 404 g/mol. The van der Waals surface area contributed by atoms with Crippen molar-refractivity contribution in [3.63, 3.8) is 0 Å². The Morgan fingerprint density at radius 3 is 2.45 bits per heavy atom. The minimum Gasteiger partial charge on any atom is -0.335 e. The third-order valence-electron chi connectivity index (χ3n) is 4.30. The van der Waals surface area contributed by atoms with E-state index in [-0.39, 0.29) is 11.7 Å². The van der Waals surface area contributed by atoms with E-state index in [1.807, 2.05) is 47.0 Å². The second-order valence-corrected chi connectivity index (χ2v) is 7.45. The molecule has 0 atom stereocenters. The Kier molecular flexibility index (Phi) is 7.03. The van der Waals surface area contributed by atoms with Crippen LogP contribution in [0.2, 0.25) is 0 Å². The lowest BCUT2D eigenvalue weighted by atomic mass is 10.2. The minimum atomic E-state index is 0.00912. The van der Waals surface area contributed by atoms with Gasteiger partial charge >= 0.3 is 0 Å². The molecule has 0 fully saturated rings. The standard InChI is InChI=1S/C23H24N4OS/c1-4-14-26(15-5-2)21(28)17-29-23-25-24-22(19-11-7-6-8-12-19)27(23)20-13-9-10-18(3)16-20/h4-13,16H,1-2,14-15,17H2,3H3. The van der Waals surface area contributed by atoms with E-state index >= 15 is 0 Å². The number of aromatic nitrogens is 3. The lowest BCUT2D eigenvalue weighted by Gasteiger charge is -2.19. The van der Waals surface area contributed by atoms with Crippen LogP contribution in [0.25, 0.3) is 17.1 Å². The number of hydrogen-bond donors (Lipinski definition) is 0. The third kappa shape index (κ3) is 5.03. The maximum atomic E-state index is 12.6. The highest BCUT2D eigenvalue weighted by Gasteiger charge is 2.18. The smallest absolute Gasteiger partial charge is 0.233 e. The summed E-state index contributed by atoms with van der Waals surface area (Å²) in [5, 5.41) is 9.49. The molecule has 0 unspecified atom stereocenters. The van der Waals surface area contributed by atoms with E-state index in [9.17, 15) is 4.79 Å². The molecule has 1 amide bonds. The van der Waals surface area contributed by atoms with Gasteiger partial charge in [0.2, 0.25) is 5.91 Å². The van der Waals surface area contributed by atoms with Crippen molar-refractivity contribution >= 4 is 17.7 Å². The van der Waals surface area contributed by atoms with Gasteiger partial charge in [-0.3, -0.25) is 9.36 Å². The first-order valence-corrected chi connectivity index (χ1v) is 10.3. The molecule has 0 aliphatic heterocycles. The lowest BCUT2D eigenvalue weighted by Crippen LogP contribution is -2.32. The molecule has 0 saturated heterocycles. The lowest BCUT2D eigenvalue weighted by molar-refractivity contribution is -0.127. The number of carbonyl (C=O) groups is 1. The number of aryl methyl sites for hydroxylation is 1. The quantitative estimate of drug-likeness (QED) is 0.388. The maximum absolute atomic E-state index is 12.6. The molecule has 3 aromatic rings. The molecule has 2 aromatic carbocycles. The zero-order valence-corrected chi connectivity index (χ0v) is 17.3. The number of hydrogen-bond acceptors (Lipinski definition) is 4. The number of benzene rings is 2. The minimum absolute atomic E-state index is 0.00912. The average molecular weight is 405 g/mol. The Balaban J connectivity index is 1.93. The number of rotatable bonds is 9. The fourth-order valence-electron chi connectivity index (χ4n) is 2.94. The first-order chi connectivity index (χ1) is 14.1. The molecule has 1 heterocycles. The van der Waals surface area contributed by atoms with Crippen LogP contribution in [-0.4, -0.2) is 44.4 Å². The van der Waals surface area contributed by atoms with E-state index < -0.39 is 0 Å². The summed E-state index contributed by atoms with van der Waals surface area (Å²) in [6.07, 6.45) is 3.43. The van der Waals surface area contributed by atoms with Crippen molar-refractivity contribution in [3.8, 4) is 17.1 Å². The first kappa shape index (κ1) is 20.6. The van der Waals surface area contributed by atoms with Gasteiger partial charge in [0.25, 0.3) is 0 Å². The maximum Gasteiger partial charge on any atom is 0.233 e. The van der Waals surface area contributed by atoms with Crippen LogP contribution in [-0.2, 0) is 4.79 Å². The fourth-order valence-corrected chi connectivity index (χ4v) is 3.80. The SMILES string of the molecule is C=CCN(CC=C)C(=O)CSc1nnc(-c2ccccc2)n1-c1cccc(C)c1. The molecule has 0 aliphatic rings. The predicted molar refractivity (Wildman–Crippen MR) is 119 cm³/mol. The molecule has 0 radical (unpaired) electrons. The van der Waals surface area contributed by atoms with Gasteiger partial charge < -0.3 is 4.90 Å². The van der Waals surface area contributed by atoms with Gasteiger partial charge in [0.15, 0.2) is 11.0 Å². The molecule has 0 bridgehead atoms. The summed E-state index contributed by atoms with van der Waals surface area (Å²) in [7, 11) is 0. The van der Waals surface area contributed by atoms with Crippen LogP contribution in [0.3, 0.4) is 0 Å². The largest absolute Gasteiger partial charge is 0.335 e. The summed E-state index contributed by atoms with van der Waals surface area (Å²) in [6.45, 7) is 10.5. The molecular formula is C23H24N4OS. The second-order valence-electron chi connectivity index (χ2n) is 6.51. The van der Waals surface area contributed by atoms with Crippen LogP contribution in [0.4, 0.5) is 0 Å². The van der Waals surface area contributed by atoms with Crippen molar-refractivity contribution in [1.82, 2.24) is 19.7 Å². The Morgan fingerprint density at radius 2 is 1.79 bits per heavy atom. The van der Waals surface area contributed by atoms with E-state index in [1.165, 1.54) is 11.8 Å². The normalized spacial score (nSPS) is 10.5. The van der Waals surface area contributed by atoms with Crippen LogP contribution in [0.15, 0.2) is 85.1 Å². The zero-order valence-electron chi connectivity index (χ0n) is 16.5. The van der Waals surface area contributed by atoms with Crippen LogP contribution < -0.4 is 0 Å². The Morgan fingerprint density at radius 1 is 1.07 bits per heavy atom. The molecule has 148 valence electrons. The van der Waals surface area contributed by atoms with Crippen molar-refractivity contribution in [2.45, 2.75) is 12.1 Å². The zero-order chi connectivity index (χ0) is 20.6. The van der Waals surface area contributed by atoms with E-state index in [0.717, 1.165) is 22.6 Å². The van der Waals surface area contributed by atoms with Gasteiger partial charge in [-0.2, -0.15) is 0 Å². The van der Waals surface area contributed by atoms with E-state index in [1.54, 1.807) is 17.1 Å². The highest BCUT2D eigenvalue weighted by Crippen LogP contribution is 2.28. The van der Waals surface area contributed by atoms with Gasteiger partial charge in [-0.05, 0) is 24.6 Å². The van der Waals surface area contributed by atoms with Crippen LogP contribution in [0.5, 0.6) is 0 Å². The summed E-state index contributed by atoms with van der Waals surface area (Å²) in [4.78, 5) is 14.3. The van der Waals surface area contributed by atoms with Crippen LogP contribution >= 0.6 is 11.8 Å². The molecule has 6 heteroatoms. The van der Waals surface area contributed by atoms with E-state index in [0.29, 0.717) is 18.2 Å². The van der Waals surface area contributed by atoms with Gasteiger partial charge in [0, 0.05) is 24.3 Å². The predicted octanol–water partition coefficient (Wildman–Crippen LogP) is 4.54. The van der Waals surface area contributed by atoms with Gasteiger partial charge in [0.05, 0.1) is 5.75 Å². The van der Waals surface area contributed by atoms with Gasteiger partial charge in [-0.15, -0.1) is 23.4 Å². The highest BCUT2D eigenvalue weighted by atomic mass is 32.2. The van der Waals surface area contributed by atoms with Gasteiger partial charge in [-0.25, -0.2) is 0 Å². The second kappa shape index (κ2) is 9.89. The van der Waals surface area contributed by atoms with Gasteiger partial charge in [0.1, 0.15) is 0 Å². The summed E-state index contributed by atoms with van der Waals surface area (Å²) in [6, 6.07) is 18.1. The fraction of sp³-hybridized carbons (Fsp3) is 0.174. The summed E-state index contributed by atoms with van der Waals surface area (Å²) in [5.41, 5.74) is 3.09. The average Bonchev–Trinajstić information content (AvgIpc) is 3.16. The van der Waals surface area contributed by atoms with Crippen molar-refractivity contribution < 1.29 is 4.79 Å². The number of amides is 1. The molecule has 0 saturated carbocycles. The van der Waals surface area contributed by atoms with Crippen LogP contribution in [0, 0.1) is 6.92 Å². The number of carbonyl (C=O) groups excluding carboxylic acids is 1. The number of thioether (sulfide) groups is 1. The molecule has 5 nitrogen and oxygen atoms in total. The van der Waals surface area contributed by atoms with Crippen molar-refractivity contribution in [2.75, 3.05) is 18.8 Å². The van der Waals surface area contributed by atoms with Crippen molar-refractivity contribution in [3.05, 3.63) is 85.5 Å². The molecule has 1 aromatic heterocycles. The Hall–Kier alpha value is -3.12. The summed E-state index contributed by atoms with van der Waals surface area (Å²) < 4.78 is 2.01. The molecular weight excluding hydrogens is 380 g/mol. The molecule has 0 N–H and O–H groups in total. The number of nitrogens with zero attached hydrogens (tertiary/aromatic N) is 4. The van der Waals surface area contributed by atoms with Gasteiger partial charge in [-0.1, -0.05) is 66.4 Å². The molecule has 0 spiro atoms. The molecule has 29 heavy (non-hydrogen) atoms. The Bertz CT molecular complexity index is 987. The Labute approximate surface area is 175 Å². The van der Waals surface area contributed by atoms with Crippen LogP contribution in [0.1, 0.15) is 5.56 Å². The molecule has 0 aliphatic carbocycles. The first-order valence-electron chi connectivity index (χ1n) is 9.34. The van der Waals surface area contributed by atoms with Crippen molar-refractivity contribution in [1.29, 1.82) is 0 Å². The van der Waals surface area contributed by atoms with Crippen molar-refractivity contribution in [2.24, 2.45) is 0 Å². The summed E-state index contributed by atoms with van der Waals surface area (Å²) >= 11 is 1.38. The van der Waals surface area contributed by atoms with E-state index in [4.69, 9.17) is 0 Å². The topological polar surface area (TPSA) is 51.0 Å². The summed E-state index contributed by atoms with van der Waals surface area (Å²) in [5.74, 6) is 1.02.